The SMILES string of the molecule is C=CC(=O)OC1(OC)CN(C(C)C)C(=O)N1C(C)C. The van der Waals surface area contributed by atoms with Crippen LogP contribution in [0.15, 0.2) is 12.7 Å². The van der Waals surface area contributed by atoms with Gasteiger partial charge in [-0.25, -0.2) is 9.59 Å². The molecule has 0 aromatic carbocycles. The predicted octanol–water partition coefficient (Wildman–Crippen LogP) is 1.57. The Labute approximate surface area is 113 Å². The van der Waals surface area contributed by atoms with E-state index < -0.39 is 11.9 Å². The summed E-state index contributed by atoms with van der Waals surface area (Å²) in [6.45, 7) is 11.0. The Morgan fingerprint density at radius 3 is 2.32 bits per heavy atom. The lowest BCUT2D eigenvalue weighted by Gasteiger charge is -2.36. The lowest BCUT2D eigenvalue weighted by atomic mass is 10.3. The number of ether oxygens (including phenoxy) is 2. The molecule has 1 heterocycles. The first-order valence-electron chi connectivity index (χ1n) is 6.29. The van der Waals surface area contributed by atoms with Crippen molar-refractivity contribution in [2.24, 2.45) is 0 Å². The molecule has 0 bridgehead atoms. The molecule has 108 valence electrons. The average Bonchev–Trinajstić information content (AvgIpc) is 2.63. The maximum atomic E-state index is 12.4. The van der Waals surface area contributed by atoms with Crippen LogP contribution in [0.25, 0.3) is 0 Å². The summed E-state index contributed by atoms with van der Waals surface area (Å²) in [4.78, 5) is 26.9. The topological polar surface area (TPSA) is 59.1 Å². The quantitative estimate of drug-likeness (QED) is 0.432. The predicted molar refractivity (Wildman–Crippen MR) is 70.2 cm³/mol. The van der Waals surface area contributed by atoms with Crippen LogP contribution in [0.3, 0.4) is 0 Å². The highest BCUT2D eigenvalue weighted by Crippen LogP contribution is 2.32. The molecule has 19 heavy (non-hydrogen) atoms. The summed E-state index contributed by atoms with van der Waals surface area (Å²) in [5, 5.41) is 0. The summed E-state index contributed by atoms with van der Waals surface area (Å²) in [6, 6.07) is -0.370. The van der Waals surface area contributed by atoms with Gasteiger partial charge in [-0.2, -0.15) is 0 Å². The monoisotopic (exact) mass is 270 g/mol. The summed E-state index contributed by atoms with van der Waals surface area (Å²) in [5.74, 6) is -2.01. The number of carbonyl (C=O) groups excluding carboxylic acids is 2. The van der Waals surface area contributed by atoms with Crippen LogP contribution in [-0.2, 0) is 14.3 Å². The number of hydrogen-bond acceptors (Lipinski definition) is 4. The van der Waals surface area contributed by atoms with E-state index in [1.807, 2.05) is 27.7 Å². The van der Waals surface area contributed by atoms with Gasteiger partial charge in [0.1, 0.15) is 6.54 Å². The molecule has 0 aliphatic carbocycles. The van der Waals surface area contributed by atoms with Gasteiger partial charge in [-0.05, 0) is 27.7 Å². The van der Waals surface area contributed by atoms with Gasteiger partial charge in [-0.3, -0.25) is 4.90 Å². The Kier molecular flexibility index (Phi) is 4.57. The molecule has 6 nitrogen and oxygen atoms in total. The molecular weight excluding hydrogens is 248 g/mol. The molecule has 1 fully saturated rings. The van der Waals surface area contributed by atoms with E-state index in [4.69, 9.17) is 9.47 Å². The molecule has 0 N–H and O–H groups in total. The first-order chi connectivity index (χ1) is 8.79. The van der Waals surface area contributed by atoms with Crippen LogP contribution in [0, 0.1) is 0 Å². The van der Waals surface area contributed by atoms with E-state index in [0.29, 0.717) is 0 Å². The standard InChI is InChI=1S/C13H22N2O4/c1-7-11(16)19-13(18-6)8-14(9(2)3)12(17)15(13)10(4)5/h7,9-10H,1,8H2,2-6H3. The van der Waals surface area contributed by atoms with Gasteiger partial charge < -0.3 is 14.4 Å². The highest BCUT2D eigenvalue weighted by atomic mass is 16.7. The van der Waals surface area contributed by atoms with Gasteiger partial charge in [-0.1, -0.05) is 6.58 Å². The van der Waals surface area contributed by atoms with Gasteiger partial charge in [0.25, 0.3) is 0 Å². The lowest BCUT2D eigenvalue weighted by Crippen LogP contribution is -2.54. The van der Waals surface area contributed by atoms with Crippen molar-refractivity contribution in [3.05, 3.63) is 12.7 Å². The third-order valence-corrected chi connectivity index (χ3v) is 3.07. The van der Waals surface area contributed by atoms with Crippen molar-refractivity contribution < 1.29 is 19.1 Å². The Bertz CT molecular complexity index is 381. The van der Waals surface area contributed by atoms with Crippen molar-refractivity contribution in [3.8, 4) is 0 Å². The lowest BCUT2D eigenvalue weighted by molar-refractivity contribution is -0.266. The number of nitrogens with zero attached hydrogens (tertiary/aromatic N) is 2. The van der Waals surface area contributed by atoms with E-state index in [9.17, 15) is 9.59 Å². The molecule has 1 rings (SSSR count). The van der Waals surface area contributed by atoms with Gasteiger partial charge in [0.2, 0.25) is 0 Å². The second kappa shape index (κ2) is 5.61. The molecule has 1 unspecified atom stereocenters. The third kappa shape index (κ3) is 2.73. The Morgan fingerprint density at radius 2 is 1.95 bits per heavy atom. The van der Waals surface area contributed by atoms with Crippen molar-refractivity contribution >= 4 is 12.0 Å². The number of hydrogen-bond donors (Lipinski definition) is 0. The van der Waals surface area contributed by atoms with E-state index in [-0.39, 0.29) is 24.7 Å². The minimum Gasteiger partial charge on any atom is -0.408 e. The van der Waals surface area contributed by atoms with Crippen LogP contribution in [0.4, 0.5) is 4.79 Å². The zero-order chi connectivity index (χ0) is 14.8. The van der Waals surface area contributed by atoms with Gasteiger partial charge in [0.05, 0.1) is 0 Å². The minimum absolute atomic E-state index is 0.00629. The molecule has 0 aromatic heterocycles. The summed E-state index contributed by atoms with van der Waals surface area (Å²) in [6.07, 6.45) is 1.06. The Balaban J connectivity index is 3.15. The largest absolute Gasteiger partial charge is 0.408 e. The highest BCUT2D eigenvalue weighted by molar-refractivity contribution is 5.83. The fraction of sp³-hybridized carbons (Fsp3) is 0.692. The molecule has 6 heteroatoms. The maximum Gasteiger partial charge on any atom is 0.334 e. The van der Waals surface area contributed by atoms with Crippen LogP contribution in [0.5, 0.6) is 0 Å². The van der Waals surface area contributed by atoms with Crippen molar-refractivity contribution in [2.45, 2.75) is 45.7 Å². The third-order valence-electron chi connectivity index (χ3n) is 3.07. The molecule has 0 aromatic rings. The van der Waals surface area contributed by atoms with Crippen LogP contribution in [-0.4, -0.2) is 53.4 Å². The zero-order valence-electron chi connectivity index (χ0n) is 12.2. The number of methoxy groups -OCH3 is 1. The first kappa shape index (κ1) is 15.5. The molecule has 1 aliphatic heterocycles. The average molecular weight is 270 g/mol. The summed E-state index contributed by atoms with van der Waals surface area (Å²) in [7, 11) is 1.42. The number of amides is 2. The summed E-state index contributed by atoms with van der Waals surface area (Å²) in [5.41, 5.74) is 0. The van der Waals surface area contributed by atoms with Gasteiger partial charge in [0, 0.05) is 25.3 Å². The first-order valence-corrected chi connectivity index (χ1v) is 6.29. The van der Waals surface area contributed by atoms with Crippen molar-refractivity contribution in [1.29, 1.82) is 0 Å². The highest BCUT2D eigenvalue weighted by Gasteiger charge is 2.55. The molecule has 0 saturated carbocycles. The van der Waals surface area contributed by atoms with Crippen molar-refractivity contribution in [3.63, 3.8) is 0 Å². The molecule has 1 saturated heterocycles. The second-order valence-corrected chi connectivity index (χ2v) is 5.01. The molecule has 1 aliphatic rings. The number of rotatable bonds is 5. The summed E-state index contributed by atoms with van der Waals surface area (Å²) >= 11 is 0. The van der Waals surface area contributed by atoms with E-state index in [1.54, 1.807) is 4.90 Å². The maximum absolute atomic E-state index is 12.4. The Hall–Kier alpha value is -1.56. The van der Waals surface area contributed by atoms with Crippen LogP contribution in [0.1, 0.15) is 27.7 Å². The molecule has 1 atom stereocenters. The van der Waals surface area contributed by atoms with E-state index >= 15 is 0 Å². The van der Waals surface area contributed by atoms with Gasteiger partial charge in [0.15, 0.2) is 0 Å². The molecule has 0 radical (unpaired) electrons. The van der Waals surface area contributed by atoms with Crippen molar-refractivity contribution in [1.82, 2.24) is 9.80 Å². The molecule has 0 spiro atoms. The number of urea groups is 1. The normalized spacial score (nSPS) is 23.4. The van der Waals surface area contributed by atoms with E-state index in [0.717, 1.165) is 6.08 Å². The van der Waals surface area contributed by atoms with Crippen molar-refractivity contribution in [2.75, 3.05) is 13.7 Å². The number of esters is 1. The second-order valence-electron chi connectivity index (χ2n) is 5.01. The fourth-order valence-electron chi connectivity index (χ4n) is 2.15. The van der Waals surface area contributed by atoms with Crippen LogP contribution < -0.4 is 0 Å². The molecular formula is C13H22N2O4. The molecule has 2 amide bonds. The van der Waals surface area contributed by atoms with Crippen LogP contribution in [0.2, 0.25) is 0 Å². The zero-order valence-corrected chi connectivity index (χ0v) is 12.2. The Morgan fingerprint density at radius 1 is 1.37 bits per heavy atom. The summed E-state index contributed by atoms with van der Waals surface area (Å²) < 4.78 is 10.7. The van der Waals surface area contributed by atoms with E-state index in [1.165, 1.54) is 12.0 Å². The smallest absolute Gasteiger partial charge is 0.334 e. The minimum atomic E-state index is -1.39. The fourth-order valence-corrected chi connectivity index (χ4v) is 2.15. The number of carbonyl (C=O) groups is 2. The van der Waals surface area contributed by atoms with Crippen LogP contribution >= 0.6 is 0 Å². The van der Waals surface area contributed by atoms with E-state index in [2.05, 4.69) is 6.58 Å². The van der Waals surface area contributed by atoms with Gasteiger partial charge >= 0.3 is 17.9 Å². The van der Waals surface area contributed by atoms with Gasteiger partial charge in [-0.15, -0.1) is 0 Å².